The Morgan fingerprint density at radius 2 is 1.88 bits per heavy atom. The molecule has 0 amide bonds. The Kier molecular flexibility index (Phi) is 2.45. The molecule has 1 N–H and O–H groups in total. The van der Waals surface area contributed by atoms with Crippen molar-refractivity contribution in [1.82, 2.24) is 19.5 Å². The highest BCUT2D eigenvalue weighted by molar-refractivity contribution is 7.71. The van der Waals surface area contributed by atoms with E-state index >= 15 is 0 Å². The molecule has 0 aliphatic heterocycles. The minimum absolute atomic E-state index is 0.713. The topological polar surface area (TPSA) is 46.5 Å². The molecule has 0 fully saturated rings. The van der Waals surface area contributed by atoms with Gasteiger partial charge in [0.25, 0.3) is 0 Å². The SMILES string of the molecule is S=c1[nH]c2cnccc2n1Cc1ccncc1. The minimum Gasteiger partial charge on any atom is -0.329 e. The van der Waals surface area contributed by atoms with Gasteiger partial charge in [0, 0.05) is 18.6 Å². The summed E-state index contributed by atoms with van der Waals surface area (Å²) in [6, 6.07) is 5.94. The third-order valence-electron chi connectivity index (χ3n) is 2.67. The molecule has 0 aromatic carbocycles. The first-order valence-corrected chi connectivity index (χ1v) is 5.67. The fourth-order valence-electron chi connectivity index (χ4n) is 1.84. The molecule has 0 saturated heterocycles. The van der Waals surface area contributed by atoms with Gasteiger partial charge < -0.3 is 9.55 Å². The Balaban J connectivity index is 2.12. The molecule has 0 radical (unpaired) electrons. The number of imidazole rings is 1. The van der Waals surface area contributed by atoms with E-state index in [0.29, 0.717) is 4.77 Å². The molecule has 4 nitrogen and oxygen atoms in total. The summed E-state index contributed by atoms with van der Waals surface area (Å²) < 4.78 is 2.77. The second-order valence-electron chi connectivity index (χ2n) is 3.76. The first-order chi connectivity index (χ1) is 8.34. The van der Waals surface area contributed by atoms with Gasteiger partial charge in [0.1, 0.15) is 0 Å². The lowest BCUT2D eigenvalue weighted by Gasteiger charge is -2.03. The molecular formula is C12H10N4S. The number of nitrogens with one attached hydrogen (secondary N) is 1. The van der Waals surface area contributed by atoms with Crippen LogP contribution in [0.4, 0.5) is 0 Å². The molecule has 0 unspecified atom stereocenters. The zero-order valence-corrected chi connectivity index (χ0v) is 9.81. The van der Waals surface area contributed by atoms with E-state index in [1.165, 1.54) is 5.56 Å². The zero-order valence-electron chi connectivity index (χ0n) is 9.00. The zero-order chi connectivity index (χ0) is 11.7. The maximum absolute atomic E-state index is 5.32. The highest BCUT2D eigenvalue weighted by Gasteiger charge is 2.04. The molecule has 0 atom stereocenters. The van der Waals surface area contributed by atoms with Crippen molar-refractivity contribution in [2.45, 2.75) is 6.54 Å². The summed E-state index contributed by atoms with van der Waals surface area (Å²) in [5, 5.41) is 0. The van der Waals surface area contributed by atoms with E-state index in [0.717, 1.165) is 17.6 Å². The fraction of sp³-hybridized carbons (Fsp3) is 0.0833. The van der Waals surface area contributed by atoms with Crippen molar-refractivity contribution in [3.8, 4) is 0 Å². The summed E-state index contributed by atoms with van der Waals surface area (Å²) >= 11 is 5.32. The number of rotatable bonds is 2. The lowest BCUT2D eigenvalue weighted by molar-refractivity contribution is 0.808. The summed E-state index contributed by atoms with van der Waals surface area (Å²) in [5.41, 5.74) is 3.21. The van der Waals surface area contributed by atoms with Gasteiger partial charge in [-0.2, -0.15) is 0 Å². The number of hydrogen-bond donors (Lipinski definition) is 1. The van der Waals surface area contributed by atoms with Gasteiger partial charge in [-0.25, -0.2) is 0 Å². The summed E-state index contributed by atoms with van der Waals surface area (Å²) in [7, 11) is 0. The van der Waals surface area contributed by atoms with Crippen LogP contribution in [0.3, 0.4) is 0 Å². The van der Waals surface area contributed by atoms with E-state index in [1.54, 1.807) is 24.8 Å². The van der Waals surface area contributed by atoms with Gasteiger partial charge in [-0.15, -0.1) is 0 Å². The van der Waals surface area contributed by atoms with Crippen molar-refractivity contribution in [3.63, 3.8) is 0 Å². The van der Waals surface area contributed by atoms with Gasteiger partial charge in [-0.1, -0.05) is 0 Å². The standard InChI is InChI=1S/C12H10N4S/c17-12-15-10-7-14-6-3-11(10)16(12)8-9-1-4-13-5-2-9/h1-7H,8H2,(H,15,17). The third kappa shape index (κ3) is 1.85. The van der Waals surface area contributed by atoms with Crippen molar-refractivity contribution in [1.29, 1.82) is 0 Å². The van der Waals surface area contributed by atoms with E-state index in [9.17, 15) is 0 Å². The lowest BCUT2D eigenvalue weighted by Crippen LogP contribution is -1.99. The molecule has 5 heteroatoms. The number of pyridine rings is 2. The molecular weight excluding hydrogens is 232 g/mol. The summed E-state index contributed by atoms with van der Waals surface area (Å²) in [6.07, 6.45) is 7.13. The van der Waals surface area contributed by atoms with Crippen molar-refractivity contribution in [2.24, 2.45) is 0 Å². The Hall–Kier alpha value is -2.01. The number of hydrogen-bond acceptors (Lipinski definition) is 3. The molecule has 0 bridgehead atoms. The van der Waals surface area contributed by atoms with Crippen LogP contribution < -0.4 is 0 Å². The third-order valence-corrected chi connectivity index (χ3v) is 2.99. The summed E-state index contributed by atoms with van der Waals surface area (Å²) in [4.78, 5) is 11.2. The highest BCUT2D eigenvalue weighted by Crippen LogP contribution is 2.14. The van der Waals surface area contributed by atoms with Gasteiger partial charge in [0.2, 0.25) is 0 Å². The van der Waals surface area contributed by atoms with Crippen molar-refractivity contribution in [3.05, 3.63) is 53.3 Å². The molecule has 3 heterocycles. The first kappa shape index (κ1) is 10.2. The second kappa shape index (κ2) is 4.10. The molecule has 84 valence electrons. The van der Waals surface area contributed by atoms with Gasteiger partial charge in [0.05, 0.1) is 23.8 Å². The van der Waals surface area contributed by atoms with Crippen LogP contribution >= 0.6 is 12.2 Å². The van der Waals surface area contributed by atoms with E-state index in [1.807, 2.05) is 18.2 Å². The minimum atomic E-state index is 0.713. The van der Waals surface area contributed by atoms with Gasteiger partial charge >= 0.3 is 0 Å². The lowest BCUT2D eigenvalue weighted by atomic mass is 10.2. The van der Waals surface area contributed by atoms with Crippen molar-refractivity contribution in [2.75, 3.05) is 0 Å². The Morgan fingerprint density at radius 1 is 1.12 bits per heavy atom. The molecule has 0 aliphatic carbocycles. The summed E-state index contributed by atoms with van der Waals surface area (Å²) in [5.74, 6) is 0. The number of H-pyrrole nitrogens is 1. The Bertz CT molecular complexity index is 699. The quantitative estimate of drug-likeness (QED) is 0.702. The first-order valence-electron chi connectivity index (χ1n) is 5.26. The van der Waals surface area contributed by atoms with E-state index in [4.69, 9.17) is 12.2 Å². The van der Waals surface area contributed by atoms with Gasteiger partial charge in [-0.3, -0.25) is 9.97 Å². The van der Waals surface area contributed by atoms with Crippen molar-refractivity contribution >= 4 is 23.3 Å². The maximum atomic E-state index is 5.32. The van der Waals surface area contributed by atoms with Crippen LogP contribution in [0.25, 0.3) is 11.0 Å². The molecule has 0 spiro atoms. The molecule has 3 rings (SSSR count). The molecule has 0 saturated carbocycles. The Morgan fingerprint density at radius 3 is 2.71 bits per heavy atom. The summed E-state index contributed by atoms with van der Waals surface area (Å²) in [6.45, 7) is 0.741. The van der Waals surface area contributed by atoms with E-state index < -0.39 is 0 Å². The average Bonchev–Trinajstić information content (AvgIpc) is 2.68. The maximum Gasteiger partial charge on any atom is 0.178 e. The highest BCUT2D eigenvalue weighted by atomic mass is 32.1. The second-order valence-corrected chi connectivity index (χ2v) is 4.15. The van der Waals surface area contributed by atoms with Gasteiger partial charge in [-0.05, 0) is 36.0 Å². The van der Waals surface area contributed by atoms with E-state index in [-0.39, 0.29) is 0 Å². The fourth-order valence-corrected chi connectivity index (χ4v) is 2.11. The van der Waals surface area contributed by atoms with Crippen LogP contribution in [0, 0.1) is 4.77 Å². The number of fused-ring (bicyclic) bond motifs is 1. The van der Waals surface area contributed by atoms with Crippen LogP contribution in [0.1, 0.15) is 5.56 Å². The normalized spacial score (nSPS) is 10.8. The van der Waals surface area contributed by atoms with Crippen LogP contribution in [-0.2, 0) is 6.54 Å². The largest absolute Gasteiger partial charge is 0.329 e. The van der Waals surface area contributed by atoms with E-state index in [2.05, 4.69) is 19.5 Å². The molecule has 0 aliphatic rings. The van der Waals surface area contributed by atoms with Crippen LogP contribution in [0.15, 0.2) is 43.0 Å². The predicted octanol–water partition coefficient (Wildman–Crippen LogP) is 2.54. The van der Waals surface area contributed by atoms with Crippen LogP contribution in [0.2, 0.25) is 0 Å². The van der Waals surface area contributed by atoms with Crippen LogP contribution in [0.5, 0.6) is 0 Å². The smallest absolute Gasteiger partial charge is 0.178 e. The monoisotopic (exact) mass is 242 g/mol. The Labute approximate surface area is 103 Å². The number of nitrogens with zero attached hydrogens (tertiary/aromatic N) is 3. The van der Waals surface area contributed by atoms with Crippen molar-refractivity contribution < 1.29 is 0 Å². The number of aromatic amines is 1. The number of aromatic nitrogens is 4. The van der Waals surface area contributed by atoms with Crippen LogP contribution in [-0.4, -0.2) is 19.5 Å². The predicted molar refractivity (Wildman–Crippen MR) is 68.3 cm³/mol. The molecule has 3 aromatic rings. The average molecular weight is 242 g/mol. The molecule has 17 heavy (non-hydrogen) atoms. The molecule has 3 aromatic heterocycles. The van der Waals surface area contributed by atoms with Gasteiger partial charge in [0.15, 0.2) is 4.77 Å².